The number of aromatic amines is 1. The van der Waals surface area contributed by atoms with Gasteiger partial charge in [0.2, 0.25) is 5.91 Å². The van der Waals surface area contributed by atoms with E-state index < -0.39 is 47.8 Å². The van der Waals surface area contributed by atoms with Gasteiger partial charge in [0.05, 0.1) is 17.9 Å². The Kier molecular flexibility index (Phi) is 5.60. The van der Waals surface area contributed by atoms with Crippen molar-refractivity contribution in [2.75, 3.05) is 6.54 Å². The molecule has 10 heteroatoms. The number of carboxylic acids is 1. The number of aliphatic carboxylic acids is 1. The first kappa shape index (κ1) is 23.1. The largest absolute Gasteiger partial charge is 0.481 e. The maximum absolute atomic E-state index is 16.1. The Morgan fingerprint density at radius 3 is 2.53 bits per heavy atom. The van der Waals surface area contributed by atoms with Gasteiger partial charge < -0.3 is 10.0 Å². The van der Waals surface area contributed by atoms with Crippen LogP contribution in [0.25, 0.3) is 10.9 Å². The first-order chi connectivity index (χ1) is 16.1. The average Bonchev–Trinajstić information content (AvgIpc) is 3.54. The van der Waals surface area contributed by atoms with E-state index in [1.165, 1.54) is 4.90 Å². The molecule has 1 aromatic heterocycles. The van der Waals surface area contributed by atoms with Crippen LogP contribution in [-0.2, 0) is 15.3 Å². The smallest absolute Gasteiger partial charge is 0.428 e. The van der Waals surface area contributed by atoms with E-state index in [4.69, 9.17) is 0 Å². The van der Waals surface area contributed by atoms with Crippen LogP contribution in [0, 0.1) is 11.8 Å². The van der Waals surface area contributed by atoms with Gasteiger partial charge in [-0.3, -0.25) is 14.7 Å². The molecule has 4 unspecified atom stereocenters. The van der Waals surface area contributed by atoms with E-state index in [1.807, 2.05) is 0 Å². The topological polar surface area (TPSA) is 86.3 Å². The van der Waals surface area contributed by atoms with Crippen LogP contribution in [0.15, 0.2) is 18.2 Å². The second kappa shape index (κ2) is 8.23. The molecule has 3 fully saturated rings. The molecule has 1 aliphatic heterocycles. The number of carbonyl (C=O) groups is 2. The Balaban J connectivity index is 1.49. The molecule has 2 N–H and O–H groups in total. The maximum Gasteiger partial charge on any atom is 0.428 e. The number of nitrogens with one attached hydrogen (secondary N) is 1. The average molecular weight is 481 g/mol. The molecule has 184 valence electrons. The minimum atomic E-state index is -5.35. The molecule has 1 amide bonds. The highest BCUT2D eigenvalue weighted by atomic mass is 19.4. The zero-order chi connectivity index (χ0) is 24.3. The van der Waals surface area contributed by atoms with Crippen molar-refractivity contribution in [3.63, 3.8) is 0 Å². The number of benzene rings is 1. The molecule has 3 aliphatic rings. The number of amides is 1. The third-order valence-electron chi connectivity index (χ3n) is 7.86. The molecule has 5 rings (SSSR count). The fraction of sp³-hybridized carbons (Fsp3) is 0.625. The summed E-state index contributed by atoms with van der Waals surface area (Å²) in [5.74, 6) is -2.79. The summed E-state index contributed by atoms with van der Waals surface area (Å²) in [6.45, 7) is 0.203. The first-order valence-electron chi connectivity index (χ1n) is 11.9. The van der Waals surface area contributed by atoms with Gasteiger partial charge >= 0.3 is 12.1 Å². The van der Waals surface area contributed by atoms with Gasteiger partial charge in [0.15, 0.2) is 0 Å². The highest BCUT2D eigenvalue weighted by Crippen LogP contribution is 2.51. The lowest BCUT2D eigenvalue weighted by atomic mass is 9.71. The SMILES string of the molecule is O=C(O)C1CCCC2C1CCCN2C(=O)CC(F)(c1n[nH]c2cccc(C3CC3)c12)C(F)(F)F. The van der Waals surface area contributed by atoms with Crippen LogP contribution >= 0.6 is 0 Å². The Morgan fingerprint density at radius 2 is 1.85 bits per heavy atom. The number of rotatable bonds is 5. The summed E-state index contributed by atoms with van der Waals surface area (Å²) in [6.07, 6.45) is -2.48. The number of carboxylic acid groups (broad SMARTS) is 1. The number of H-pyrrole nitrogens is 1. The van der Waals surface area contributed by atoms with Gasteiger partial charge in [0.1, 0.15) is 5.69 Å². The molecule has 0 spiro atoms. The predicted octanol–water partition coefficient (Wildman–Crippen LogP) is 5.05. The lowest BCUT2D eigenvalue weighted by molar-refractivity contribution is -0.240. The first-order valence-corrected chi connectivity index (χ1v) is 11.9. The zero-order valence-corrected chi connectivity index (χ0v) is 18.6. The second-order valence-electron chi connectivity index (χ2n) is 9.93. The molecular weight excluding hydrogens is 454 g/mol. The maximum atomic E-state index is 16.1. The monoisotopic (exact) mass is 481 g/mol. The summed E-state index contributed by atoms with van der Waals surface area (Å²) < 4.78 is 59.0. The van der Waals surface area contributed by atoms with E-state index in [9.17, 15) is 27.9 Å². The molecule has 1 saturated heterocycles. The fourth-order valence-electron chi connectivity index (χ4n) is 6.05. The van der Waals surface area contributed by atoms with Crippen molar-refractivity contribution < 1.29 is 32.3 Å². The summed E-state index contributed by atoms with van der Waals surface area (Å²) in [5.41, 5.74) is -3.81. The predicted molar refractivity (Wildman–Crippen MR) is 115 cm³/mol. The van der Waals surface area contributed by atoms with Crippen molar-refractivity contribution in [3.8, 4) is 0 Å². The molecule has 2 aliphatic carbocycles. The third kappa shape index (κ3) is 3.75. The van der Waals surface area contributed by atoms with Gasteiger partial charge in [-0.05, 0) is 62.0 Å². The summed E-state index contributed by atoms with van der Waals surface area (Å²) >= 11 is 0. The molecule has 0 radical (unpaired) electrons. The molecule has 0 bridgehead atoms. The number of fused-ring (bicyclic) bond motifs is 2. The summed E-state index contributed by atoms with van der Waals surface area (Å²) in [6, 6.07) is 4.47. The van der Waals surface area contributed by atoms with Crippen molar-refractivity contribution in [1.82, 2.24) is 15.1 Å². The van der Waals surface area contributed by atoms with Crippen LogP contribution < -0.4 is 0 Å². The molecule has 2 saturated carbocycles. The van der Waals surface area contributed by atoms with E-state index in [0.717, 1.165) is 12.8 Å². The van der Waals surface area contributed by atoms with Crippen molar-refractivity contribution >= 4 is 22.8 Å². The number of hydrogen-bond acceptors (Lipinski definition) is 3. The molecule has 34 heavy (non-hydrogen) atoms. The molecular formula is C24H27F4N3O3. The molecule has 4 atom stereocenters. The standard InChI is InChI=1S/C24H27F4N3O3/c25-23(24(26,27)28,21-20-14(13-9-10-13)4-1-7-17(20)29-30-21)12-19(32)31-11-3-6-15-16(22(33)34)5-2-8-18(15)31/h1,4,7,13,15-16,18H,2-3,5-6,8-12H2,(H,29,30)(H,33,34). The van der Waals surface area contributed by atoms with E-state index in [2.05, 4.69) is 10.2 Å². The quantitative estimate of drug-likeness (QED) is 0.586. The Hall–Kier alpha value is -2.65. The minimum absolute atomic E-state index is 0.0614. The lowest BCUT2D eigenvalue weighted by Crippen LogP contribution is -2.55. The van der Waals surface area contributed by atoms with E-state index >= 15 is 4.39 Å². The molecule has 2 heterocycles. The van der Waals surface area contributed by atoms with Gasteiger partial charge in [0.25, 0.3) is 5.67 Å². The number of aromatic nitrogens is 2. The van der Waals surface area contributed by atoms with E-state index in [1.54, 1.807) is 18.2 Å². The van der Waals surface area contributed by atoms with Gasteiger partial charge in [-0.25, -0.2) is 4.39 Å². The number of halogens is 4. The fourth-order valence-corrected chi connectivity index (χ4v) is 6.05. The van der Waals surface area contributed by atoms with Crippen molar-refractivity contribution in [2.24, 2.45) is 11.8 Å². The van der Waals surface area contributed by atoms with Crippen LogP contribution in [-0.4, -0.2) is 50.8 Å². The number of hydrogen-bond donors (Lipinski definition) is 2. The molecule has 2 aromatic rings. The van der Waals surface area contributed by atoms with Gasteiger partial charge in [-0.2, -0.15) is 18.3 Å². The zero-order valence-electron chi connectivity index (χ0n) is 18.6. The number of nitrogens with zero attached hydrogens (tertiary/aromatic N) is 2. The third-order valence-corrected chi connectivity index (χ3v) is 7.86. The minimum Gasteiger partial charge on any atom is -0.481 e. The van der Waals surface area contributed by atoms with Crippen molar-refractivity contribution in [1.29, 1.82) is 0 Å². The van der Waals surface area contributed by atoms with Crippen LogP contribution in [0.5, 0.6) is 0 Å². The van der Waals surface area contributed by atoms with Crippen LogP contribution in [0.4, 0.5) is 17.6 Å². The highest BCUT2D eigenvalue weighted by molar-refractivity contribution is 5.88. The lowest BCUT2D eigenvalue weighted by Gasteiger charge is -2.47. The summed E-state index contributed by atoms with van der Waals surface area (Å²) in [4.78, 5) is 26.3. The number of piperidine rings is 1. The van der Waals surface area contributed by atoms with Gasteiger partial charge in [-0.1, -0.05) is 18.6 Å². The van der Waals surface area contributed by atoms with Gasteiger partial charge in [-0.15, -0.1) is 0 Å². The second-order valence-corrected chi connectivity index (χ2v) is 9.93. The summed E-state index contributed by atoms with van der Waals surface area (Å²) in [7, 11) is 0. The van der Waals surface area contributed by atoms with E-state index in [-0.39, 0.29) is 23.8 Å². The van der Waals surface area contributed by atoms with Crippen molar-refractivity contribution in [3.05, 3.63) is 29.5 Å². The number of alkyl halides is 4. The number of likely N-dealkylation sites (tertiary alicyclic amines) is 1. The van der Waals surface area contributed by atoms with Crippen LogP contribution in [0.1, 0.15) is 68.5 Å². The molecule has 1 aromatic carbocycles. The van der Waals surface area contributed by atoms with E-state index in [0.29, 0.717) is 43.2 Å². The Bertz CT molecular complexity index is 1110. The van der Waals surface area contributed by atoms with Crippen LogP contribution in [0.2, 0.25) is 0 Å². The Labute approximate surface area is 193 Å². The van der Waals surface area contributed by atoms with Crippen LogP contribution in [0.3, 0.4) is 0 Å². The van der Waals surface area contributed by atoms with Gasteiger partial charge in [0, 0.05) is 18.0 Å². The highest BCUT2D eigenvalue weighted by Gasteiger charge is 2.61. The summed E-state index contributed by atoms with van der Waals surface area (Å²) in [5, 5.41) is 16.0. The van der Waals surface area contributed by atoms with Crippen molar-refractivity contribution in [2.45, 2.75) is 75.2 Å². The number of carbonyl (C=O) groups excluding carboxylic acids is 1. The Morgan fingerprint density at radius 1 is 1.09 bits per heavy atom. The normalized spacial score (nSPS) is 27.3. The molecule has 6 nitrogen and oxygen atoms in total.